The van der Waals surface area contributed by atoms with Gasteiger partial charge in [0, 0.05) is 0 Å². The second kappa shape index (κ2) is 3.62. The molecule has 0 atom stereocenters. The van der Waals surface area contributed by atoms with E-state index in [1.54, 1.807) is 11.3 Å². The Hall–Kier alpha value is -0.500. The van der Waals surface area contributed by atoms with Crippen LogP contribution in [0.5, 0.6) is 0 Å². The summed E-state index contributed by atoms with van der Waals surface area (Å²) in [6, 6.07) is 0. The van der Waals surface area contributed by atoms with E-state index in [1.165, 1.54) is 11.1 Å². The molecule has 0 saturated heterocycles. The van der Waals surface area contributed by atoms with Crippen molar-refractivity contribution < 1.29 is 0 Å². The van der Waals surface area contributed by atoms with Gasteiger partial charge >= 0.3 is 0 Å². The van der Waals surface area contributed by atoms with Crippen LogP contribution >= 0.6 is 23.6 Å². The summed E-state index contributed by atoms with van der Waals surface area (Å²) in [6.07, 6.45) is 0. The van der Waals surface area contributed by atoms with Gasteiger partial charge in [0.2, 0.25) is 0 Å². The van der Waals surface area contributed by atoms with Gasteiger partial charge in [-0.15, -0.1) is 0 Å². The Labute approximate surface area is 69.4 Å². The first-order valence-corrected chi connectivity index (χ1v) is 4.25. The van der Waals surface area contributed by atoms with E-state index in [0.29, 0.717) is 6.54 Å². The highest BCUT2D eigenvalue weighted by Crippen LogP contribution is 2.13. The average molecular weight is 169 g/mol. The van der Waals surface area contributed by atoms with E-state index in [4.69, 9.17) is 0 Å². The molecular weight excluding hydrogens is 162 g/mol. The van der Waals surface area contributed by atoms with Gasteiger partial charge in [-0.3, -0.25) is 0 Å². The first-order chi connectivity index (χ1) is 4.84. The van der Waals surface area contributed by atoms with Gasteiger partial charge in [0.15, 0.2) is 0 Å². The summed E-state index contributed by atoms with van der Waals surface area (Å²) in [6.45, 7) is 2.75. The van der Waals surface area contributed by atoms with Crippen molar-refractivity contribution >= 4 is 28.7 Å². The van der Waals surface area contributed by atoms with Crippen LogP contribution in [0, 0.1) is 6.92 Å². The van der Waals surface area contributed by atoms with E-state index in [-0.39, 0.29) is 0 Å². The fourth-order valence-corrected chi connectivity index (χ4v) is 1.58. The molecular formula is C7H7NS2. The number of thiocarbonyl (C=S) groups is 1. The molecule has 1 heterocycles. The Balaban J connectivity index is 2.74. The SMILES string of the molecule is Cc1cscc1CN=C=S. The highest BCUT2D eigenvalue weighted by atomic mass is 32.1. The first-order valence-electron chi connectivity index (χ1n) is 2.90. The molecule has 3 heteroatoms. The lowest BCUT2D eigenvalue weighted by Gasteiger charge is -1.88. The van der Waals surface area contributed by atoms with Gasteiger partial charge in [0.25, 0.3) is 0 Å². The predicted molar refractivity (Wildman–Crippen MR) is 47.8 cm³/mol. The van der Waals surface area contributed by atoms with Gasteiger partial charge in [-0.05, 0) is 41.0 Å². The number of hydrogen-bond donors (Lipinski definition) is 0. The Kier molecular flexibility index (Phi) is 2.75. The van der Waals surface area contributed by atoms with Crippen LogP contribution < -0.4 is 0 Å². The van der Waals surface area contributed by atoms with Gasteiger partial charge in [0.05, 0.1) is 11.7 Å². The van der Waals surface area contributed by atoms with E-state index >= 15 is 0 Å². The lowest BCUT2D eigenvalue weighted by molar-refractivity contribution is 1.07. The van der Waals surface area contributed by atoms with Crippen molar-refractivity contribution in [2.24, 2.45) is 4.99 Å². The molecule has 0 spiro atoms. The van der Waals surface area contributed by atoms with E-state index in [9.17, 15) is 0 Å². The third kappa shape index (κ3) is 1.74. The number of aryl methyl sites for hydroxylation is 1. The van der Waals surface area contributed by atoms with Crippen molar-refractivity contribution in [1.82, 2.24) is 0 Å². The number of hydrogen-bond acceptors (Lipinski definition) is 3. The third-order valence-electron chi connectivity index (χ3n) is 1.28. The molecule has 0 aliphatic rings. The summed E-state index contributed by atoms with van der Waals surface area (Å²) in [5.41, 5.74) is 2.54. The zero-order chi connectivity index (χ0) is 7.40. The predicted octanol–water partition coefficient (Wildman–Crippen LogP) is 2.66. The minimum atomic E-state index is 0.679. The number of nitrogens with zero attached hydrogens (tertiary/aromatic N) is 1. The van der Waals surface area contributed by atoms with Crippen LogP contribution in [0.25, 0.3) is 0 Å². The van der Waals surface area contributed by atoms with Gasteiger partial charge < -0.3 is 0 Å². The Morgan fingerprint density at radius 1 is 1.70 bits per heavy atom. The maximum atomic E-state index is 4.46. The van der Waals surface area contributed by atoms with E-state index in [1.807, 2.05) is 0 Å². The lowest BCUT2D eigenvalue weighted by atomic mass is 10.2. The molecule has 0 aliphatic carbocycles. The molecule has 1 nitrogen and oxygen atoms in total. The zero-order valence-electron chi connectivity index (χ0n) is 5.63. The fourth-order valence-electron chi connectivity index (χ4n) is 0.666. The summed E-state index contributed by atoms with van der Waals surface area (Å²) in [4.78, 5) is 3.85. The summed E-state index contributed by atoms with van der Waals surface area (Å²) in [7, 11) is 0. The Bertz CT molecular complexity index is 258. The smallest absolute Gasteiger partial charge is 0.0753 e. The lowest BCUT2D eigenvalue weighted by Crippen LogP contribution is -1.78. The molecule has 0 radical (unpaired) electrons. The van der Waals surface area contributed by atoms with E-state index in [0.717, 1.165) is 0 Å². The second-order valence-corrected chi connectivity index (χ2v) is 2.91. The average Bonchev–Trinajstić information content (AvgIpc) is 2.31. The van der Waals surface area contributed by atoms with E-state index < -0.39 is 0 Å². The first kappa shape index (κ1) is 7.61. The van der Waals surface area contributed by atoms with Crippen molar-refractivity contribution in [1.29, 1.82) is 0 Å². The molecule has 1 aromatic heterocycles. The van der Waals surface area contributed by atoms with Crippen molar-refractivity contribution in [2.75, 3.05) is 0 Å². The summed E-state index contributed by atoms with van der Waals surface area (Å²) >= 11 is 6.15. The summed E-state index contributed by atoms with van der Waals surface area (Å²) in [5.74, 6) is 0. The van der Waals surface area contributed by atoms with Crippen molar-refractivity contribution in [3.8, 4) is 0 Å². The quantitative estimate of drug-likeness (QED) is 0.490. The molecule has 0 saturated carbocycles. The van der Waals surface area contributed by atoms with Crippen LogP contribution in [0.15, 0.2) is 15.8 Å². The summed E-state index contributed by atoms with van der Waals surface area (Å²) in [5, 5.41) is 6.54. The van der Waals surface area contributed by atoms with Gasteiger partial charge in [0.1, 0.15) is 0 Å². The van der Waals surface area contributed by atoms with Crippen molar-refractivity contribution in [3.63, 3.8) is 0 Å². The highest BCUT2D eigenvalue weighted by molar-refractivity contribution is 7.78. The normalized spacial score (nSPS) is 8.90. The minimum Gasteiger partial charge on any atom is -0.228 e. The third-order valence-corrected chi connectivity index (χ3v) is 2.31. The molecule has 0 aromatic carbocycles. The van der Waals surface area contributed by atoms with Crippen LogP contribution in [0.1, 0.15) is 11.1 Å². The number of aliphatic imine (C=N–C) groups is 1. The molecule has 0 bridgehead atoms. The molecule has 0 fully saturated rings. The van der Waals surface area contributed by atoms with Gasteiger partial charge in [-0.25, -0.2) is 4.99 Å². The van der Waals surface area contributed by atoms with Crippen LogP contribution in [0.4, 0.5) is 0 Å². The number of thiophene rings is 1. The van der Waals surface area contributed by atoms with Gasteiger partial charge in [-0.2, -0.15) is 11.3 Å². The Morgan fingerprint density at radius 3 is 3.00 bits per heavy atom. The molecule has 0 unspecified atom stereocenters. The topological polar surface area (TPSA) is 12.4 Å². The van der Waals surface area contributed by atoms with Gasteiger partial charge in [-0.1, -0.05) is 0 Å². The highest BCUT2D eigenvalue weighted by Gasteiger charge is 1.95. The second-order valence-electron chi connectivity index (χ2n) is 1.99. The molecule has 52 valence electrons. The molecule has 0 amide bonds. The molecule has 1 rings (SSSR count). The fraction of sp³-hybridized carbons (Fsp3) is 0.286. The maximum Gasteiger partial charge on any atom is 0.0753 e. The Morgan fingerprint density at radius 2 is 2.50 bits per heavy atom. The maximum absolute atomic E-state index is 4.46. The summed E-state index contributed by atoms with van der Waals surface area (Å²) < 4.78 is 0. The van der Waals surface area contributed by atoms with E-state index in [2.05, 4.69) is 40.1 Å². The minimum absolute atomic E-state index is 0.679. The zero-order valence-corrected chi connectivity index (χ0v) is 7.26. The molecule has 1 aromatic rings. The molecule has 0 N–H and O–H groups in total. The van der Waals surface area contributed by atoms with Crippen molar-refractivity contribution in [2.45, 2.75) is 13.5 Å². The van der Waals surface area contributed by atoms with Crippen molar-refractivity contribution in [3.05, 3.63) is 21.9 Å². The van der Waals surface area contributed by atoms with Crippen LogP contribution in [-0.2, 0) is 6.54 Å². The van der Waals surface area contributed by atoms with Crippen LogP contribution in [-0.4, -0.2) is 5.16 Å². The monoisotopic (exact) mass is 169 g/mol. The molecule has 0 aliphatic heterocycles. The number of rotatable bonds is 2. The number of isothiocyanates is 1. The van der Waals surface area contributed by atoms with Crippen LogP contribution in [0.3, 0.4) is 0 Å². The van der Waals surface area contributed by atoms with Crippen LogP contribution in [0.2, 0.25) is 0 Å². The standard InChI is InChI=1S/C7H7NS2/c1-6-3-10-4-7(6)2-8-5-9/h3-4H,2H2,1H3. The largest absolute Gasteiger partial charge is 0.228 e. The molecule has 10 heavy (non-hydrogen) atoms.